The van der Waals surface area contributed by atoms with E-state index in [1.165, 1.54) is 25.7 Å². The van der Waals surface area contributed by atoms with Crippen molar-refractivity contribution in [2.24, 2.45) is 11.8 Å². The fourth-order valence-electron chi connectivity index (χ4n) is 1.87. The molecule has 112 valence electrons. The van der Waals surface area contributed by atoms with E-state index in [9.17, 15) is 9.59 Å². The Labute approximate surface area is 118 Å². The van der Waals surface area contributed by atoms with Crippen molar-refractivity contribution in [2.75, 3.05) is 6.54 Å². The molecule has 0 rings (SSSR count). The summed E-state index contributed by atoms with van der Waals surface area (Å²) in [6.45, 7) is 8.99. The number of carbonyl (C=O) groups excluding carboxylic acids is 2. The van der Waals surface area contributed by atoms with E-state index in [0.29, 0.717) is 12.8 Å². The van der Waals surface area contributed by atoms with Crippen LogP contribution in [0.2, 0.25) is 0 Å². The smallest absolute Gasteiger partial charge is 0.220 e. The molecule has 1 amide bonds. The van der Waals surface area contributed by atoms with Crippen LogP contribution < -0.4 is 5.32 Å². The molecule has 0 aliphatic rings. The van der Waals surface area contributed by atoms with Crippen LogP contribution in [0.1, 0.15) is 72.6 Å². The van der Waals surface area contributed by atoms with Gasteiger partial charge in [-0.05, 0) is 12.3 Å². The van der Waals surface area contributed by atoms with Crippen molar-refractivity contribution in [3.63, 3.8) is 0 Å². The molecule has 0 fully saturated rings. The molecule has 0 atom stereocenters. The number of ketones is 1. The minimum absolute atomic E-state index is 0.0104. The largest absolute Gasteiger partial charge is 0.356 e. The summed E-state index contributed by atoms with van der Waals surface area (Å²) in [5.74, 6) is 1.01. The lowest BCUT2D eigenvalue weighted by Crippen LogP contribution is -2.25. The second kappa shape index (κ2) is 11.0. The summed E-state index contributed by atoms with van der Waals surface area (Å²) >= 11 is 0. The molecule has 0 radical (unpaired) electrons. The summed E-state index contributed by atoms with van der Waals surface area (Å²) in [7, 11) is 0. The van der Waals surface area contributed by atoms with Crippen molar-refractivity contribution >= 4 is 11.7 Å². The number of unbranched alkanes of at least 4 members (excludes halogenated alkanes) is 3. The third-order valence-corrected chi connectivity index (χ3v) is 3.27. The number of nitrogens with one attached hydrogen (secondary N) is 1. The van der Waals surface area contributed by atoms with Gasteiger partial charge in [0.2, 0.25) is 5.91 Å². The minimum Gasteiger partial charge on any atom is -0.356 e. The van der Waals surface area contributed by atoms with Gasteiger partial charge >= 0.3 is 0 Å². The molecule has 3 nitrogen and oxygen atoms in total. The maximum Gasteiger partial charge on any atom is 0.220 e. The Balaban J connectivity index is 3.37. The number of carbonyl (C=O) groups is 2. The molecule has 0 bridgehead atoms. The van der Waals surface area contributed by atoms with Crippen molar-refractivity contribution in [1.82, 2.24) is 5.32 Å². The second-order valence-electron chi connectivity index (χ2n) is 6.07. The van der Waals surface area contributed by atoms with E-state index in [0.717, 1.165) is 18.9 Å². The van der Waals surface area contributed by atoms with Gasteiger partial charge in [0, 0.05) is 25.3 Å². The molecular formula is C16H31NO2. The second-order valence-corrected chi connectivity index (χ2v) is 6.07. The highest BCUT2D eigenvalue weighted by Gasteiger charge is 2.09. The fraction of sp³-hybridized carbons (Fsp3) is 0.875. The number of hydrogen-bond donors (Lipinski definition) is 1. The lowest BCUT2D eigenvalue weighted by molar-refractivity contribution is -0.126. The van der Waals surface area contributed by atoms with Gasteiger partial charge in [0.25, 0.3) is 0 Å². The molecule has 0 spiro atoms. The third kappa shape index (κ3) is 11.9. The third-order valence-electron chi connectivity index (χ3n) is 3.27. The van der Waals surface area contributed by atoms with Gasteiger partial charge in [-0.1, -0.05) is 53.4 Å². The van der Waals surface area contributed by atoms with E-state index in [-0.39, 0.29) is 17.6 Å². The van der Waals surface area contributed by atoms with Crippen LogP contribution in [0.4, 0.5) is 0 Å². The van der Waals surface area contributed by atoms with Crippen molar-refractivity contribution in [3.05, 3.63) is 0 Å². The molecule has 0 aliphatic carbocycles. The quantitative estimate of drug-likeness (QED) is 0.581. The topological polar surface area (TPSA) is 46.2 Å². The predicted molar refractivity (Wildman–Crippen MR) is 80.0 cm³/mol. The van der Waals surface area contributed by atoms with Gasteiger partial charge < -0.3 is 5.32 Å². The molecule has 3 heteroatoms. The van der Waals surface area contributed by atoms with Crippen LogP contribution in [0, 0.1) is 11.8 Å². The van der Waals surface area contributed by atoms with Gasteiger partial charge in [-0.3, -0.25) is 9.59 Å². The molecule has 0 aromatic rings. The molecular weight excluding hydrogens is 238 g/mol. The highest BCUT2D eigenvalue weighted by atomic mass is 16.2. The first-order chi connectivity index (χ1) is 8.93. The van der Waals surface area contributed by atoms with Crippen molar-refractivity contribution in [1.29, 1.82) is 0 Å². The van der Waals surface area contributed by atoms with Gasteiger partial charge in [0.1, 0.15) is 5.78 Å². The van der Waals surface area contributed by atoms with E-state index in [1.807, 2.05) is 13.8 Å². The zero-order valence-electron chi connectivity index (χ0n) is 13.1. The van der Waals surface area contributed by atoms with Crippen LogP contribution in [-0.4, -0.2) is 18.2 Å². The Bertz CT molecular complexity index is 259. The molecule has 19 heavy (non-hydrogen) atoms. The number of rotatable bonds is 11. The Morgan fingerprint density at radius 2 is 1.53 bits per heavy atom. The maximum atomic E-state index is 11.5. The first-order valence-electron chi connectivity index (χ1n) is 7.73. The number of hydrogen-bond acceptors (Lipinski definition) is 2. The first kappa shape index (κ1) is 18.1. The Hall–Kier alpha value is -0.860. The highest BCUT2D eigenvalue weighted by molar-refractivity contribution is 5.85. The number of amides is 1. The average Bonchev–Trinajstić information content (AvgIpc) is 2.34. The van der Waals surface area contributed by atoms with E-state index in [2.05, 4.69) is 19.2 Å². The summed E-state index contributed by atoms with van der Waals surface area (Å²) < 4.78 is 0. The Kier molecular flexibility index (Phi) is 10.5. The molecule has 0 unspecified atom stereocenters. The first-order valence-corrected chi connectivity index (χ1v) is 7.73. The van der Waals surface area contributed by atoms with Crippen LogP contribution in [0.3, 0.4) is 0 Å². The zero-order chi connectivity index (χ0) is 14.7. The Morgan fingerprint density at radius 1 is 0.895 bits per heavy atom. The standard InChI is InChI=1S/C16H31NO2/c1-13(2)9-7-5-6-8-12-17-16(19)11-10-15(18)14(3)4/h13-14H,5-12H2,1-4H3,(H,17,19). The molecule has 0 saturated carbocycles. The normalized spacial score (nSPS) is 11.1. The molecule has 1 N–H and O–H groups in total. The lowest BCUT2D eigenvalue weighted by atomic mass is 10.0. The van der Waals surface area contributed by atoms with E-state index in [1.54, 1.807) is 0 Å². The predicted octanol–water partition coefficient (Wildman–Crippen LogP) is 3.71. The van der Waals surface area contributed by atoms with Crippen molar-refractivity contribution < 1.29 is 9.59 Å². The monoisotopic (exact) mass is 269 g/mol. The lowest BCUT2D eigenvalue weighted by Gasteiger charge is -2.07. The molecule has 0 aliphatic heterocycles. The minimum atomic E-state index is 0.0104. The van der Waals surface area contributed by atoms with E-state index < -0.39 is 0 Å². The van der Waals surface area contributed by atoms with Crippen LogP contribution in [0.15, 0.2) is 0 Å². The van der Waals surface area contributed by atoms with Gasteiger partial charge in [0.15, 0.2) is 0 Å². The summed E-state index contributed by atoms with van der Waals surface area (Å²) in [5, 5.41) is 2.89. The highest BCUT2D eigenvalue weighted by Crippen LogP contribution is 2.09. The van der Waals surface area contributed by atoms with Gasteiger partial charge in [-0.25, -0.2) is 0 Å². The molecule has 0 aromatic carbocycles. The fourth-order valence-corrected chi connectivity index (χ4v) is 1.87. The molecule has 0 aromatic heterocycles. The van der Waals surface area contributed by atoms with Gasteiger partial charge in [-0.15, -0.1) is 0 Å². The van der Waals surface area contributed by atoms with Crippen LogP contribution in [-0.2, 0) is 9.59 Å². The Morgan fingerprint density at radius 3 is 2.11 bits per heavy atom. The maximum absolute atomic E-state index is 11.5. The molecule has 0 heterocycles. The number of Topliss-reactive ketones (excluding diaryl/α,β-unsaturated/α-hetero) is 1. The van der Waals surface area contributed by atoms with E-state index >= 15 is 0 Å². The summed E-state index contributed by atoms with van der Waals surface area (Å²) in [4.78, 5) is 22.9. The van der Waals surface area contributed by atoms with Gasteiger partial charge in [0.05, 0.1) is 0 Å². The van der Waals surface area contributed by atoms with Crippen molar-refractivity contribution in [2.45, 2.75) is 72.6 Å². The summed E-state index contributed by atoms with van der Waals surface area (Å²) in [6.07, 6.45) is 6.76. The van der Waals surface area contributed by atoms with Crippen LogP contribution in [0.25, 0.3) is 0 Å². The van der Waals surface area contributed by atoms with Crippen molar-refractivity contribution in [3.8, 4) is 0 Å². The zero-order valence-corrected chi connectivity index (χ0v) is 13.1. The average molecular weight is 269 g/mol. The van der Waals surface area contributed by atoms with Crippen LogP contribution in [0.5, 0.6) is 0 Å². The van der Waals surface area contributed by atoms with E-state index in [4.69, 9.17) is 0 Å². The SMILES string of the molecule is CC(C)CCCCCCNC(=O)CCC(=O)C(C)C. The molecule has 0 saturated heterocycles. The summed E-state index contributed by atoms with van der Waals surface area (Å²) in [5.41, 5.74) is 0. The van der Waals surface area contributed by atoms with Gasteiger partial charge in [-0.2, -0.15) is 0 Å². The van der Waals surface area contributed by atoms with Crippen LogP contribution >= 0.6 is 0 Å². The summed E-state index contributed by atoms with van der Waals surface area (Å²) in [6, 6.07) is 0.